The number of hydrogen-bond donors (Lipinski definition) is 2. The van der Waals surface area contributed by atoms with E-state index in [1.165, 1.54) is 0 Å². The summed E-state index contributed by atoms with van der Waals surface area (Å²) < 4.78 is 0. The van der Waals surface area contributed by atoms with Crippen LogP contribution in [0.4, 0.5) is 0 Å². The zero-order chi connectivity index (χ0) is 10.1. The van der Waals surface area contributed by atoms with Gasteiger partial charge in [0.1, 0.15) is 0 Å². The highest BCUT2D eigenvalue weighted by Gasteiger charge is 2.07. The fourth-order valence-corrected chi connectivity index (χ4v) is 2.22. The molecule has 0 unspecified atom stereocenters. The molecule has 5 heteroatoms. The van der Waals surface area contributed by atoms with Gasteiger partial charge in [-0.05, 0) is 30.7 Å². The lowest BCUT2D eigenvalue weighted by molar-refractivity contribution is 0.976. The van der Waals surface area contributed by atoms with Crippen LogP contribution in [-0.2, 0) is 6.42 Å². The number of aromatic nitrogens is 1. The Kier molecular flexibility index (Phi) is 4.29. The van der Waals surface area contributed by atoms with E-state index in [4.69, 9.17) is 28.9 Å². The van der Waals surface area contributed by atoms with Gasteiger partial charge >= 0.3 is 0 Å². The lowest BCUT2D eigenvalue weighted by Crippen LogP contribution is -2.01. The molecule has 0 aliphatic heterocycles. The third-order valence-electron chi connectivity index (χ3n) is 2.19. The molecule has 0 atom stereocenters. The van der Waals surface area contributed by atoms with E-state index in [-0.39, 0.29) is 12.4 Å². The van der Waals surface area contributed by atoms with Crippen molar-refractivity contribution in [1.82, 2.24) is 4.98 Å². The number of rotatable bonds is 2. The van der Waals surface area contributed by atoms with Gasteiger partial charge in [0.2, 0.25) is 0 Å². The Morgan fingerprint density at radius 3 is 2.67 bits per heavy atom. The van der Waals surface area contributed by atoms with Gasteiger partial charge < -0.3 is 10.7 Å². The second kappa shape index (κ2) is 5.08. The topological polar surface area (TPSA) is 41.8 Å². The van der Waals surface area contributed by atoms with Crippen molar-refractivity contribution in [2.75, 3.05) is 6.54 Å². The maximum atomic E-state index is 6.10. The highest BCUT2D eigenvalue weighted by atomic mass is 35.5. The molecule has 15 heavy (non-hydrogen) atoms. The van der Waals surface area contributed by atoms with E-state index in [1.807, 2.05) is 12.3 Å². The summed E-state index contributed by atoms with van der Waals surface area (Å²) in [6, 6.07) is 3.61. The van der Waals surface area contributed by atoms with Gasteiger partial charge in [-0.15, -0.1) is 12.4 Å². The normalized spacial score (nSPS) is 10.3. The van der Waals surface area contributed by atoms with Crippen LogP contribution in [0, 0.1) is 0 Å². The number of aromatic amines is 1. The second-order valence-electron chi connectivity index (χ2n) is 3.16. The van der Waals surface area contributed by atoms with Crippen molar-refractivity contribution in [1.29, 1.82) is 0 Å². The van der Waals surface area contributed by atoms with Gasteiger partial charge in [0.15, 0.2) is 0 Å². The molecule has 3 N–H and O–H groups in total. The van der Waals surface area contributed by atoms with Gasteiger partial charge in [-0.1, -0.05) is 23.2 Å². The minimum Gasteiger partial charge on any atom is -0.361 e. The zero-order valence-corrected chi connectivity index (χ0v) is 10.2. The van der Waals surface area contributed by atoms with E-state index in [1.54, 1.807) is 6.07 Å². The molecule has 0 spiro atoms. The number of fused-ring (bicyclic) bond motifs is 1. The first-order valence-corrected chi connectivity index (χ1v) is 5.13. The Hall–Kier alpha value is -0.410. The van der Waals surface area contributed by atoms with Crippen LogP contribution in [-0.4, -0.2) is 11.5 Å². The van der Waals surface area contributed by atoms with Crippen LogP contribution < -0.4 is 5.73 Å². The van der Waals surface area contributed by atoms with Crippen LogP contribution in [0.2, 0.25) is 10.0 Å². The molecule has 1 aromatic heterocycles. The maximum Gasteiger partial charge on any atom is 0.0517 e. The smallest absolute Gasteiger partial charge is 0.0517 e. The number of H-pyrrole nitrogens is 1. The first-order valence-electron chi connectivity index (χ1n) is 4.37. The summed E-state index contributed by atoms with van der Waals surface area (Å²) in [7, 11) is 0. The quantitative estimate of drug-likeness (QED) is 0.858. The van der Waals surface area contributed by atoms with Crippen LogP contribution >= 0.6 is 35.6 Å². The Morgan fingerprint density at radius 1 is 1.27 bits per heavy atom. The summed E-state index contributed by atoms with van der Waals surface area (Å²) in [5.74, 6) is 0. The third kappa shape index (κ3) is 2.40. The van der Waals surface area contributed by atoms with Crippen LogP contribution in [0.25, 0.3) is 10.9 Å². The molecule has 0 aliphatic rings. The van der Waals surface area contributed by atoms with E-state index >= 15 is 0 Å². The summed E-state index contributed by atoms with van der Waals surface area (Å²) in [4.78, 5) is 3.13. The van der Waals surface area contributed by atoms with E-state index in [9.17, 15) is 0 Å². The van der Waals surface area contributed by atoms with Gasteiger partial charge in [-0.3, -0.25) is 0 Å². The van der Waals surface area contributed by atoms with Crippen LogP contribution in [0.1, 0.15) is 5.56 Å². The first-order chi connectivity index (χ1) is 6.72. The lowest BCUT2D eigenvalue weighted by atomic mass is 10.1. The van der Waals surface area contributed by atoms with Crippen LogP contribution in [0.5, 0.6) is 0 Å². The first kappa shape index (κ1) is 12.7. The predicted octanol–water partition coefficient (Wildman–Crippen LogP) is 3.40. The molecule has 0 bridgehead atoms. The predicted molar refractivity (Wildman–Crippen MR) is 68.3 cm³/mol. The minimum absolute atomic E-state index is 0. The highest BCUT2D eigenvalue weighted by molar-refractivity contribution is 6.38. The van der Waals surface area contributed by atoms with Gasteiger partial charge in [0.05, 0.1) is 5.02 Å². The Morgan fingerprint density at radius 2 is 2.00 bits per heavy atom. The molecule has 1 heterocycles. The van der Waals surface area contributed by atoms with Crippen molar-refractivity contribution in [3.05, 3.63) is 33.9 Å². The number of nitrogens with one attached hydrogen (secondary N) is 1. The van der Waals surface area contributed by atoms with E-state index in [0.717, 1.165) is 22.9 Å². The molecule has 82 valence electrons. The average Bonchev–Trinajstić information content (AvgIpc) is 2.49. The fraction of sp³-hybridized carbons (Fsp3) is 0.200. The molecular formula is C10H11Cl3N2. The summed E-state index contributed by atoms with van der Waals surface area (Å²) in [5, 5.41) is 2.35. The molecule has 0 radical (unpaired) electrons. The molecule has 2 rings (SSSR count). The molecule has 0 fully saturated rings. The van der Waals surface area contributed by atoms with Crippen molar-refractivity contribution >= 4 is 46.5 Å². The Labute approximate surface area is 104 Å². The minimum atomic E-state index is 0. The molecule has 0 amide bonds. The van der Waals surface area contributed by atoms with E-state index in [2.05, 4.69) is 4.98 Å². The van der Waals surface area contributed by atoms with Crippen LogP contribution in [0.3, 0.4) is 0 Å². The Bertz CT molecular complexity index is 465. The second-order valence-corrected chi connectivity index (χ2v) is 4.01. The summed E-state index contributed by atoms with van der Waals surface area (Å²) >= 11 is 12.0. The van der Waals surface area contributed by atoms with Crippen molar-refractivity contribution in [3.63, 3.8) is 0 Å². The van der Waals surface area contributed by atoms with Crippen molar-refractivity contribution in [2.45, 2.75) is 6.42 Å². The summed E-state index contributed by atoms with van der Waals surface area (Å²) in [6.07, 6.45) is 2.75. The van der Waals surface area contributed by atoms with Crippen LogP contribution in [0.15, 0.2) is 18.3 Å². The maximum absolute atomic E-state index is 6.10. The van der Waals surface area contributed by atoms with Crippen molar-refractivity contribution in [3.8, 4) is 0 Å². The monoisotopic (exact) mass is 264 g/mol. The molecule has 0 aliphatic carbocycles. The molecule has 0 saturated heterocycles. The van der Waals surface area contributed by atoms with E-state index < -0.39 is 0 Å². The highest BCUT2D eigenvalue weighted by Crippen LogP contribution is 2.30. The standard InChI is InChI=1S/C10H10Cl2N2.ClH/c11-7-3-8(12)10-6(1-2-13)5-14-9(10)4-7;/h3-5,14H,1-2,13H2;1H. The molecule has 2 nitrogen and oxygen atoms in total. The fourth-order valence-electron chi connectivity index (χ4n) is 1.60. The lowest BCUT2D eigenvalue weighted by Gasteiger charge is -1.99. The number of nitrogens with two attached hydrogens (primary N) is 1. The number of halogens is 3. The molecular weight excluding hydrogens is 254 g/mol. The van der Waals surface area contributed by atoms with Gasteiger partial charge in [0.25, 0.3) is 0 Å². The van der Waals surface area contributed by atoms with Crippen molar-refractivity contribution < 1.29 is 0 Å². The number of benzene rings is 1. The SMILES string of the molecule is Cl.NCCc1c[nH]c2cc(Cl)cc(Cl)c12. The summed E-state index contributed by atoms with van der Waals surface area (Å²) in [5.41, 5.74) is 7.61. The summed E-state index contributed by atoms with van der Waals surface area (Å²) in [6.45, 7) is 0.617. The Balaban J connectivity index is 0.00000112. The zero-order valence-electron chi connectivity index (χ0n) is 7.89. The number of hydrogen-bond acceptors (Lipinski definition) is 1. The third-order valence-corrected chi connectivity index (χ3v) is 2.71. The molecule has 2 aromatic rings. The molecule has 0 saturated carbocycles. The van der Waals surface area contributed by atoms with Gasteiger partial charge in [-0.25, -0.2) is 0 Å². The largest absolute Gasteiger partial charge is 0.361 e. The van der Waals surface area contributed by atoms with Gasteiger partial charge in [0, 0.05) is 22.1 Å². The van der Waals surface area contributed by atoms with Crippen molar-refractivity contribution in [2.24, 2.45) is 5.73 Å². The molecule has 1 aromatic carbocycles. The van der Waals surface area contributed by atoms with Gasteiger partial charge in [-0.2, -0.15) is 0 Å². The average molecular weight is 266 g/mol. The van der Waals surface area contributed by atoms with E-state index in [0.29, 0.717) is 16.6 Å².